The molecule has 0 bridgehead atoms. The second kappa shape index (κ2) is 17.3. The third-order valence-electron chi connectivity index (χ3n) is 7.57. The predicted molar refractivity (Wildman–Crippen MR) is 150 cm³/mol. The number of esters is 1. The van der Waals surface area contributed by atoms with Crippen LogP contribution < -0.4 is 46.1 Å². The lowest BCUT2D eigenvalue weighted by Gasteiger charge is -2.36. The monoisotopic (exact) mass is 690 g/mol. The number of rotatable bonds is 10. The van der Waals surface area contributed by atoms with Crippen LogP contribution in [0.3, 0.4) is 0 Å². The number of benzene rings is 2. The van der Waals surface area contributed by atoms with Crippen LogP contribution in [-0.4, -0.2) is 93.8 Å². The molecule has 12 nitrogen and oxygen atoms in total. The first-order valence-electron chi connectivity index (χ1n) is 13.9. The van der Waals surface area contributed by atoms with Crippen molar-refractivity contribution in [3.05, 3.63) is 76.2 Å². The van der Waals surface area contributed by atoms with Crippen LogP contribution >= 0.6 is 0 Å². The number of ether oxygens (including phenoxy) is 2. The van der Waals surface area contributed by atoms with Gasteiger partial charge in [-0.25, -0.2) is 32.9 Å². The number of hydrogen-bond acceptors (Lipinski definition) is 8. The summed E-state index contributed by atoms with van der Waals surface area (Å²) in [6.45, 7) is 3.34. The Balaban J connectivity index is 0.00000368. The van der Waals surface area contributed by atoms with Crippen molar-refractivity contribution in [3.8, 4) is 0 Å². The van der Waals surface area contributed by atoms with Crippen LogP contribution in [0, 0.1) is 17.5 Å². The van der Waals surface area contributed by atoms with E-state index in [1.807, 2.05) is 12.1 Å². The van der Waals surface area contributed by atoms with Gasteiger partial charge in [0.05, 0.1) is 19.2 Å². The first-order chi connectivity index (χ1) is 21.1. The Hall–Kier alpha value is -3.73. The van der Waals surface area contributed by atoms with E-state index in [1.165, 1.54) is 12.4 Å². The van der Waals surface area contributed by atoms with Gasteiger partial charge in [-0.3, -0.25) is 15.0 Å². The Morgan fingerprint density at radius 2 is 1.65 bits per heavy atom. The van der Waals surface area contributed by atoms with Crippen molar-refractivity contribution < 1.29 is 77.3 Å². The van der Waals surface area contributed by atoms with E-state index < -0.39 is 53.0 Å². The summed E-state index contributed by atoms with van der Waals surface area (Å²) >= 11 is 0. The highest BCUT2D eigenvalue weighted by atomic mass is 35.5. The second-order valence-electron chi connectivity index (χ2n) is 10.3. The smallest absolute Gasteiger partial charge is 0.432 e. The molecule has 2 aliphatic heterocycles. The standard InChI is InChI=1S/C29H33F3N6O6.2ClH/c1-43-16-22-24(27(40)44-2)25(18-14-20(31)21(32)15-19(18)30)38(29(42)35-22)28(41)34-8-5-9-36-10-12-37(13-11-36)23-7-4-3-6-17(23)26(33)39;;/h3-4,6-7,14-15,25H,5,8-13,16H2,1-2H3,(H2,33,39)(H,34,41)(H,35,42);2*1H. The number of imide groups is 1. The molecule has 17 heteroatoms. The number of carbonyl (C=O) groups is 4. The van der Waals surface area contributed by atoms with Gasteiger partial charge < -0.3 is 44.9 Å². The molecule has 1 saturated heterocycles. The molecule has 1 fully saturated rings. The number of anilines is 1. The fourth-order valence-corrected chi connectivity index (χ4v) is 5.44. The number of para-hydroxylation sites is 1. The molecule has 2 aromatic rings. The van der Waals surface area contributed by atoms with Crippen molar-refractivity contribution in [3.63, 3.8) is 0 Å². The first-order valence-corrected chi connectivity index (χ1v) is 13.9. The van der Waals surface area contributed by atoms with Gasteiger partial charge in [0.2, 0.25) is 0 Å². The van der Waals surface area contributed by atoms with Gasteiger partial charge in [0.1, 0.15) is 24.0 Å². The fraction of sp³-hybridized carbons (Fsp3) is 0.379. The van der Waals surface area contributed by atoms with Crippen molar-refractivity contribution in [2.45, 2.75) is 12.5 Å². The van der Waals surface area contributed by atoms with E-state index in [-0.39, 0.29) is 55.3 Å². The SMILES string of the molecule is COCC1=C(C(=O)OC)C(c2cc(F)c(F)cc2F)N(C(=O)[NH2+]CCCN2CCN(c3ccccc3C(N)=O)CC2)C(=O)[NH2+]1.[Cl-].[Cl-]. The van der Waals surface area contributed by atoms with Crippen LogP contribution in [0.25, 0.3) is 0 Å². The van der Waals surface area contributed by atoms with Gasteiger partial charge in [-0.1, -0.05) is 12.1 Å². The lowest BCUT2D eigenvalue weighted by Crippen LogP contribution is -3.00. The summed E-state index contributed by atoms with van der Waals surface area (Å²) in [4.78, 5) is 56.1. The van der Waals surface area contributed by atoms with Crippen LogP contribution in [0.5, 0.6) is 0 Å². The molecular weight excluding hydrogens is 656 g/mol. The van der Waals surface area contributed by atoms with Gasteiger partial charge in [0.25, 0.3) is 5.91 Å². The topological polar surface area (TPSA) is 156 Å². The fourth-order valence-electron chi connectivity index (χ4n) is 5.44. The number of hydrogen-bond donors (Lipinski definition) is 3. The number of nitrogens with two attached hydrogens (primary N) is 3. The summed E-state index contributed by atoms with van der Waals surface area (Å²) in [7, 11) is 2.36. The number of nitrogens with zero attached hydrogens (tertiary/aromatic N) is 3. The van der Waals surface area contributed by atoms with E-state index in [4.69, 9.17) is 15.2 Å². The summed E-state index contributed by atoms with van der Waals surface area (Å²) in [6.07, 6.45) is 0.536. The summed E-state index contributed by atoms with van der Waals surface area (Å²) < 4.78 is 53.0. The molecule has 1 unspecified atom stereocenters. The van der Waals surface area contributed by atoms with E-state index in [2.05, 4.69) is 9.80 Å². The molecule has 0 aromatic heterocycles. The van der Waals surface area contributed by atoms with Gasteiger partial charge in [0.15, 0.2) is 17.3 Å². The molecule has 0 radical (unpaired) electrons. The molecule has 4 rings (SSSR count). The van der Waals surface area contributed by atoms with E-state index in [1.54, 1.807) is 12.1 Å². The number of piperazine rings is 1. The lowest BCUT2D eigenvalue weighted by molar-refractivity contribution is -0.570. The number of amides is 5. The van der Waals surface area contributed by atoms with E-state index in [0.717, 1.165) is 18.1 Å². The van der Waals surface area contributed by atoms with Gasteiger partial charge >= 0.3 is 18.0 Å². The zero-order valence-corrected chi connectivity index (χ0v) is 26.6. The number of urea groups is 2. The average Bonchev–Trinajstić information content (AvgIpc) is 3.00. The van der Waals surface area contributed by atoms with Gasteiger partial charge in [0, 0.05) is 63.6 Å². The highest BCUT2D eigenvalue weighted by Crippen LogP contribution is 2.34. The Kier molecular flexibility index (Phi) is 14.4. The maximum Gasteiger partial charge on any atom is 0.432 e. The molecule has 2 aromatic carbocycles. The van der Waals surface area contributed by atoms with Crippen LogP contribution in [0.2, 0.25) is 0 Å². The van der Waals surface area contributed by atoms with Crippen LogP contribution in [0.4, 0.5) is 28.4 Å². The number of methoxy groups -OCH3 is 2. The molecule has 46 heavy (non-hydrogen) atoms. The van der Waals surface area contributed by atoms with Crippen molar-refractivity contribution in [2.75, 3.05) is 65.0 Å². The maximum atomic E-state index is 15.0. The predicted octanol–water partition coefficient (Wildman–Crippen LogP) is -5.78. The Morgan fingerprint density at radius 3 is 2.28 bits per heavy atom. The van der Waals surface area contributed by atoms with E-state index in [0.29, 0.717) is 55.7 Å². The summed E-state index contributed by atoms with van der Waals surface area (Å²) in [6, 6.07) is 4.51. The minimum Gasteiger partial charge on any atom is -1.00 e. The van der Waals surface area contributed by atoms with Crippen molar-refractivity contribution in [2.24, 2.45) is 5.73 Å². The molecule has 2 heterocycles. The molecule has 252 valence electrons. The number of carbonyl (C=O) groups excluding carboxylic acids is 4. The summed E-state index contributed by atoms with van der Waals surface area (Å²) in [5, 5.41) is 2.25. The minimum absolute atomic E-state index is 0. The molecule has 1 atom stereocenters. The highest BCUT2D eigenvalue weighted by Gasteiger charge is 2.49. The molecule has 6 N–H and O–H groups in total. The van der Waals surface area contributed by atoms with Crippen molar-refractivity contribution in [1.29, 1.82) is 0 Å². The van der Waals surface area contributed by atoms with Crippen LogP contribution in [-0.2, 0) is 14.3 Å². The van der Waals surface area contributed by atoms with Crippen molar-refractivity contribution in [1.82, 2.24) is 9.80 Å². The normalized spacial score (nSPS) is 16.9. The Labute approximate surface area is 275 Å². The third kappa shape index (κ3) is 8.54. The zero-order chi connectivity index (χ0) is 32.0. The molecule has 0 saturated carbocycles. The summed E-state index contributed by atoms with van der Waals surface area (Å²) in [5.74, 6) is -5.63. The van der Waals surface area contributed by atoms with Gasteiger partial charge in [-0.05, 0) is 18.2 Å². The average molecular weight is 692 g/mol. The Bertz CT molecular complexity index is 1470. The molecular formula is C29H35Cl2F3N6O6. The molecule has 5 amide bonds. The highest BCUT2D eigenvalue weighted by molar-refractivity contribution is 5.98. The maximum absolute atomic E-state index is 15.0. The molecule has 0 aliphatic carbocycles. The lowest BCUT2D eigenvalue weighted by atomic mass is 9.93. The van der Waals surface area contributed by atoms with E-state index >= 15 is 4.39 Å². The number of primary amides is 3. The van der Waals surface area contributed by atoms with Crippen molar-refractivity contribution >= 4 is 29.6 Å². The summed E-state index contributed by atoms with van der Waals surface area (Å²) in [5.41, 5.74) is 5.87. The number of halogens is 5. The quantitative estimate of drug-likeness (QED) is 0.127. The minimum atomic E-state index is -1.72. The molecule has 0 spiro atoms. The van der Waals surface area contributed by atoms with Crippen LogP contribution in [0.15, 0.2) is 47.7 Å². The Morgan fingerprint density at radius 1 is 1.00 bits per heavy atom. The largest absolute Gasteiger partial charge is 1.00 e. The van der Waals surface area contributed by atoms with Gasteiger partial charge in [-0.2, -0.15) is 4.90 Å². The van der Waals surface area contributed by atoms with E-state index in [9.17, 15) is 28.0 Å². The second-order valence-corrected chi connectivity index (χ2v) is 10.3. The third-order valence-corrected chi connectivity index (χ3v) is 7.57. The number of quaternary nitrogens is 2. The first kappa shape index (κ1) is 38.5. The zero-order valence-electron chi connectivity index (χ0n) is 25.1. The van der Waals surface area contributed by atoms with Gasteiger partial charge in [-0.15, -0.1) is 0 Å². The van der Waals surface area contributed by atoms with Crippen LogP contribution in [0.1, 0.15) is 28.4 Å². The molecule has 2 aliphatic rings.